The Kier molecular flexibility index (Phi) is 7.72. The molecule has 0 fully saturated rings. The van der Waals surface area contributed by atoms with Crippen LogP contribution in [0.3, 0.4) is 0 Å². The van der Waals surface area contributed by atoms with Gasteiger partial charge in [0.1, 0.15) is 0 Å². The third-order valence-electron chi connectivity index (χ3n) is 6.10. The van der Waals surface area contributed by atoms with Gasteiger partial charge in [0.2, 0.25) is 11.8 Å². The van der Waals surface area contributed by atoms with E-state index in [1.54, 1.807) is 4.57 Å². The smallest absolute Gasteiger partial charge is 0.262 e. The van der Waals surface area contributed by atoms with Crippen molar-refractivity contribution in [2.24, 2.45) is 0 Å². The summed E-state index contributed by atoms with van der Waals surface area (Å²) in [6.45, 7) is 14.1. The van der Waals surface area contributed by atoms with Crippen LogP contribution in [0, 0.1) is 6.92 Å². The molecule has 4 rings (SSSR count). The van der Waals surface area contributed by atoms with Crippen LogP contribution in [-0.2, 0) is 6.54 Å². The Labute approximate surface area is 210 Å². The maximum absolute atomic E-state index is 13.5. The Morgan fingerprint density at radius 2 is 1.66 bits per heavy atom. The molecule has 0 N–H and O–H groups in total. The number of hydrogen-bond donors (Lipinski definition) is 0. The highest BCUT2D eigenvalue weighted by Crippen LogP contribution is 2.34. The predicted octanol–water partition coefficient (Wildman–Crippen LogP) is 5.73. The molecule has 2 aromatic heterocycles. The van der Waals surface area contributed by atoms with Crippen molar-refractivity contribution in [1.29, 1.82) is 0 Å². The van der Waals surface area contributed by atoms with Gasteiger partial charge in [-0.25, -0.2) is 4.98 Å². The molecule has 0 aliphatic heterocycles. The molecule has 0 bridgehead atoms. The second-order valence-electron chi connectivity index (χ2n) is 9.37. The first-order valence-electron chi connectivity index (χ1n) is 12.1. The molecule has 1 atom stereocenters. The van der Waals surface area contributed by atoms with Crippen molar-refractivity contribution in [3.05, 3.63) is 70.3 Å². The topological polar surface area (TPSA) is 77.1 Å². The van der Waals surface area contributed by atoms with Gasteiger partial charge in [-0.15, -0.1) is 10.2 Å². The van der Waals surface area contributed by atoms with Crippen molar-refractivity contribution in [3.8, 4) is 11.5 Å². The minimum Gasteiger partial charge on any atom is -0.419 e. The van der Waals surface area contributed by atoms with Gasteiger partial charge in [0, 0.05) is 30.7 Å². The lowest BCUT2D eigenvalue weighted by molar-refractivity contribution is 0.166. The average Bonchev–Trinajstić information content (AvgIpc) is 3.31. The SMILES string of the molecule is Cc1ccc(-c2nnc(C(C)Sc3nc4ccccc4c(=O)n3CCN(C(C)C)C(C)C)o2)cc1. The molecule has 0 saturated carbocycles. The second kappa shape index (κ2) is 10.7. The first kappa shape index (κ1) is 25.1. The van der Waals surface area contributed by atoms with Gasteiger partial charge in [0.05, 0.1) is 16.2 Å². The summed E-state index contributed by atoms with van der Waals surface area (Å²) in [4.78, 5) is 20.7. The number of aromatic nitrogens is 4. The molecule has 0 saturated heterocycles. The van der Waals surface area contributed by atoms with E-state index in [9.17, 15) is 4.79 Å². The number of hydrogen-bond acceptors (Lipinski definition) is 7. The molecular weight excluding hydrogens is 458 g/mol. The van der Waals surface area contributed by atoms with E-state index >= 15 is 0 Å². The van der Waals surface area contributed by atoms with Gasteiger partial charge in [0.15, 0.2) is 5.16 Å². The largest absolute Gasteiger partial charge is 0.419 e. The fourth-order valence-corrected chi connectivity index (χ4v) is 5.15. The summed E-state index contributed by atoms with van der Waals surface area (Å²) < 4.78 is 7.79. The third-order valence-corrected chi connectivity index (χ3v) is 7.18. The molecule has 0 radical (unpaired) electrons. The summed E-state index contributed by atoms with van der Waals surface area (Å²) >= 11 is 1.47. The highest BCUT2D eigenvalue weighted by Gasteiger charge is 2.21. The van der Waals surface area contributed by atoms with E-state index in [1.807, 2.05) is 62.4 Å². The van der Waals surface area contributed by atoms with Gasteiger partial charge in [-0.05, 0) is 65.8 Å². The Bertz CT molecular complexity index is 1340. The molecule has 4 aromatic rings. The molecular formula is C27H33N5O2S. The molecule has 0 aliphatic rings. The minimum absolute atomic E-state index is 0.0244. The Balaban J connectivity index is 1.64. The first-order valence-corrected chi connectivity index (χ1v) is 12.9. The van der Waals surface area contributed by atoms with Gasteiger partial charge in [-0.3, -0.25) is 14.3 Å². The van der Waals surface area contributed by atoms with Crippen LogP contribution in [0.1, 0.15) is 51.3 Å². The number of thioether (sulfide) groups is 1. The van der Waals surface area contributed by atoms with Crippen molar-refractivity contribution >= 4 is 22.7 Å². The van der Waals surface area contributed by atoms with Crippen molar-refractivity contribution in [3.63, 3.8) is 0 Å². The van der Waals surface area contributed by atoms with Gasteiger partial charge in [0.25, 0.3) is 5.56 Å². The molecule has 2 heterocycles. The fourth-order valence-electron chi connectivity index (χ4n) is 4.18. The monoisotopic (exact) mass is 491 g/mol. The molecule has 7 nitrogen and oxygen atoms in total. The van der Waals surface area contributed by atoms with Crippen molar-refractivity contribution in [2.75, 3.05) is 6.54 Å². The zero-order valence-corrected chi connectivity index (χ0v) is 22.0. The minimum atomic E-state index is -0.174. The normalized spacial score (nSPS) is 12.8. The van der Waals surface area contributed by atoms with E-state index < -0.39 is 0 Å². The lowest BCUT2D eigenvalue weighted by Gasteiger charge is -2.31. The highest BCUT2D eigenvalue weighted by molar-refractivity contribution is 7.99. The van der Waals surface area contributed by atoms with Gasteiger partial charge in [-0.1, -0.05) is 41.6 Å². The number of rotatable bonds is 9. The van der Waals surface area contributed by atoms with Gasteiger partial charge >= 0.3 is 0 Å². The lowest BCUT2D eigenvalue weighted by Crippen LogP contribution is -2.40. The molecule has 0 aliphatic carbocycles. The van der Waals surface area contributed by atoms with Crippen molar-refractivity contribution < 1.29 is 4.42 Å². The van der Waals surface area contributed by atoms with Gasteiger partial charge < -0.3 is 4.42 Å². The summed E-state index contributed by atoms with van der Waals surface area (Å²) in [6, 6.07) is 16.3. The zero-order chi connectivity index (χ0) is 25.1. The lowest BCUT2D eigenvalue weighted by atomic mass is 10.1. The van der Waals surface area contributed by atoms with Crippen LogP contribution in [0.2, 0.25) is 0 Å². The van der Waals surface area contributed by atoms with Crippen molar-refractivity contribution in [2.45, 2.75) is 70.6 Å². The Morgan fingerprint density at radius 1 is 0.971 bits per heavy atom. The highest BCUT2D eigenvalue weighted by atomic mass is 32.2. The summed E-state index contributed by atoms with van der Waals surface area (Å²) in [5.74, 6) is 0.992. The maximum atomic E-state index is 13.5. The molecule has 2 aromatic carbocycles. The number of fused-ring (bicyclic) bond motifs is 1. The van der Waals surface area contributed by atoms with Crippen LogP contribution < -0.4 is 5.56 Å². The predicted molar refractivity (Wildman–Crippen MR) is 142 cm³/mol. The van der Waals surface area contributed by atoms with E-state index in [2.05, 4.69) is 42.8 Å². The molecule has 184 valence electrons. The van der Waals surface area contributed by atoms with Crippen LogP contribution in [0.5, 0.6) is 0 Å². The van der Waals surface area contributed by atoms with E-state index in [-0.39, 0.29) is 10.8 Å². The average molecular weight is 492 g/mol. The number of aryl methyl sites for hydroxylation is 1. The number of benzene rings is 2. The fraction of sp³-hybridized carbons (Fsp3) is 0.407. The van der Waals surface area contributed by atoms with Crippen LogP contribution >= 0.6 is 11.8 Å². The quantitative estimate of drug-likeness (QED) is 0.219. The standard InChI is InChI=1S/C27H33N5O2S/c1-17(2)31(18(3)4)15-16-32-26(33)22-9-7-8-10-23(22)28-27(32)35-20(6)24-29-30-25(34-24)21-13-11-19(5)12-14-21/h7-14,17-18,20H,15-16H2,1-6H3. The third kappa shape index (κ3) is 5.65. The van der Waals surface area contributed by atoms with E-state index in [0.29, 0.717) is 46.5 Å². The van der Waals surface area contributed by atoms with Crippen LogP contribution in [-0.4, -0.2) is 43.3 Å². The molecule has 0 amide bonds. The van der Waals surface area contributed by atoms with E-state index in [4.69, 9.17) is 9.40 Å². The summed E-state index contributed by atoms with van der Waals surface area (Å²) in [7, 11) is 0. The number of para-hydroxylation sites is 1. The van der Waals surface area contributed by atoms with Crippen LogP contribution in [0.4, 0.5) is 0 Å². The maximum Gasteiger partial charge on any atom is 0.262 e. The number of nitrogens with zero attached hydrogens (tertiary/aromatic N) is 5. The molecule has 35 heavy (non-hydrogen) atoms. The summed E-state index contributed by atoms with van der Waals surface area (Å²) in [5.41, 5.74) is 2.73. The molecule has 0 spiro atoms. The molecule has 8 heteroatoms. The van der Waals surface area contributed by atoms with E-state index in [1.165, 1.54) is 17.3 Å². The van der Waals surface area contributed by atoms with E-state index in [0.717, 1.165) is 12.1 Å². The molecule has 1 unspecified atom stereocenters. The van der Waals surface area contributed by atoms with Crippen molar-refractivity contribution in [1.82, 2.24) is 24.6 Å². The second-order valence-corrected chi connectivity index (χ2v) is 10.7. The summed E-state index contributed by atoms with van der Waals surface area (Å²) in [5, 5.41) is 9.64. The Morgan fingerprint density at radius 3 is 2.34 bits per heavy atom. The zero-order valence-electron chi connectivity index (χ0n) is 21.2. The van der Waals surface area contributed by atoms with Crippen LogP contribution in [0.25, 0.3) is 22.4 Å². The Hall–Kier alpha value is -2.97. The first-order chi connectivity index (χ1) is 16.7. The summed E-state index contributed by atoms with van der Waals surface area (Å²) in [6.07, 6.45) is 0. The van der Waals surface area contributed by atoms with Crippen LogP contribution in [0.15, 0.2) is 62.9 Å². The van der Waals surface area contributed by atoms with Gasteiger partial charge in [-0.2, -0.15) is 0 Å².